The van der Waals surface area contributed by atoms with E-state index in [-0.39, 0.29) is 0 Å². The van der Waals surface area contributed by atoms with Crippen LogP contribution in [0.25, 0.3) is 0 Å². The van der Waals surface area contributed by atoms with Gasteiger partial charge in [0.2, 0.25) is 0 Å². The van der Waals surface area contributed by atoms with Crippen LogP contribution in [-0.4, -0.2) is 10.5 Å². The van der Waals surface area contributed by atoms with Gasteiger partial charge in [-0.3, -0.25) is 0 Å². The van der Waals surface area contributed by atoms with Crippen LogP contribution < -0.4 is 0 Å². The molecular formula is C17H22ClI2N3Pt. The first-order valence-electron chi connectivity index (χ1n) is 8.00. The first-order chi connectivity index (χ1) is 11.5. The summed E-state index contributed by atoms with van der Waals surface area (Å²) in [6, 6.07) is 8.66. The molecule has 0 N–H and O–H groups in total. The Balaban J connectivity index is 0.000000177. The molecule has 1 aromatic carbocycles. The van der Waals surface area contributed by atoms with Crippen LogP contribution in [0.1, 0.15) is 43.7 Å². The minimum atomic E-state index is 0.766. The van der Waals surface area contributed by atoms with Crippen LogP contribution in [0.3, 0.4) is 0 Å². The Bertz CT molecular complexity index is 676. The fraction of sp³-hybridized carbons (Fsp3) is 0.471. The van der Waals surface area contributed by atoms with Crippen molar-refractivity contribution in [3.8, 4) is 0 Å². The van der Waals surface area contributed by atoms with Crippen LogP contribution in [-0.2, 0) is 32.9 Å². The van der Waals surface area contributed by atoms with E-state index in [1.165, 1.54) is 41.5 Å². The van der Waals surface area contributed by atoms with Crippen molar-refractivity contribution >= 4 is 57.3 Å². The number of hydrogen-bond donors (Lipinski definition) is 0. The molecule has 3 rings (SSSR count). The Hall–Kier alpha value is 0.828. The predicted octanol–water partition coefficient (Wildman–Crippen LogP) is 6.25. The maximum atomic E-state index is 5.73. The predicted molar refractivity (Wildman–Crippen MR) is 114 cm³/mol. The van der Waals surface area contributed by atoms with E-state index in [1.807, 2.05) is 24.3 Å². The van der Waals surface area contributed by atoms with E-state index in [4.69, 9.17) is 11.6 Å². The second-order valence-electron chi connectivity index (χ2n) is 5.94. The SMILES string of the molecule is Clc1ccc(CN(I)I)cc1.Cn1ccn(C2CCCCC2)[c]1=[Pt]. The van der Waals surface area contributed by atoms with Crippen LogP contribution in [0.4, 0.5) is 0 Å². The van der Waals surface area contributed by atoms with Gasteiger partial charge in [0.25, 0.3) is 0 Å². The molecule has 0 unspecified atom stereocenters. The molecule has 1 aliphatic carbocycles. The van der Waals surface area contributed by atoms with Crippen molar-refractivity contribution in [1.29, 1.82) is 0 Å². The minimum absolute atomic E-state index is 0.766. The zero-order chi connectivity index (χ0) is 17.5. The number of aromatic nitrogens is 2. The summed E-state index contributed by atoms with van der Waals surface area (Å²) in [4.78, 5) is 0. The van der Waals surface area contributed by atoms with Crippen molar-refractivity contribution in [2.75, 3.05) is 0 Å². The summed E-state index contributed by atoms with van der Waals surface area (Å²) >= 11 is 12.6. The van der Waals surface area contributed by atoms with Gasteiger partial charge in [0.05, 0.1) is 0 Å². The monoisotopic (exact) mass is 752 g/mol. The van der Waals surface area contributed by atoms with Gasteiger partial charge in [-0.15, -0.1) is 0 Å². The molecule has 0 spiro atoms. The molecule has 2 aromatic rings. The fourth-order valence-electron chi connectivity index (χ4n) is 2.82. The zero-order valence-electron chi connectivity index (χ0n) is 13.6. The molecule has 0 saturated heterocycles. The van der Waals surface area contributed by atoms with E-state index in [9.17, 15) is 0 Å². The summed E-state index contributed by atoms with van der Waals surface area (Å²) in [5.41, 5.74) is 1.28. The topological polar surface area (TPSA) is 13.1 Å². The number of halogens is 3. The van der Waals surface area contributed by atoms with E-state index < -0.39 is 0 Å². The van der Waals surface area contributed by atoms with Gasteiger partial charge in [-0.05, 0) is 17.7 Å². The average Bonchev–Trinajstić information content (AvgIpc) is 2.90. The molecular weight excluding hydrogens is 731 g/mol. The summed E-state index contributed by atoms with van der Waals surface area (Å²) in [7, 11) is 2.11. The number of imidazole rings is 1. The molecule has 0 aliphatic heterocycles. The van der Waals surface area contributed by atoms with Crippen molar-refractivity contribution < 1.29 is 19.4 Å². The standard InChI is InChI=1S/C10H16N2.C7H6ClI2N.Pt/c1-11-7-8-12(9-11)10-5-3-2-4-6-10;8-7-3-1-6(2-4-7)5-11(9)10;/h7-8,10H,2-6H2,1H3;1-4H,5H2;. The second-order valence-corrected chi connectivity index (χ2v) is 11.6. The maximum absolute atomic E-state index is 5.73. The van der Waals surface area contributed by atoms with Crippen molar-refractivity contribution in [3.05, 3.63) is 51.0 Å². The quantitative estimate of drug-likeness (QED) is 0.267. The van der Waals surface area contributed by atoms with Crippen molar-refractivity contribution in [3.63, 3.8) is 0 Å². The van der Waals surface area contributed by atoms with Crippen molar-refractivity contribution in [1.82, 2.24) is 10.5 Å². The van der Waals surface area contributed by atoms with Crippen LogP contribution >= 0.6 is 57.3 Å². The van der Waals surface area contributed by atoms with E-state index in [2.05, 4.69) is 95.0 Å². The number of rotatable bonds is 3. The average molecular weight is 753 g/mol. The van der Waals surface area contributed by atoms with Gasteiger partial charge in [0.15, 0.2) is 0 Å². The van der Waals surface area contributed by atoms with Gasteiger partial charge in [-0.1, -0.05) is 23.7 Å². The summed E-state index contributed by atoms with van der Waals surface area (Å²) in [6.07, 6.45) is 11.3. The molecule has 3 nitrogen and oxygen atoms in total. The summed E-state index contributed by atoms with van der Waals surface area (Å²) < 4.78 is 8.04. The number of hydrogen-bond acceptors (Lipinski definition) is 1. The van der Waals surface area contributed by atoms with Gasteiger partial charge >= 0.3 is 89.9 Å². The molecule has 1 aliphatic rings. The number of benzene rings is 1. The second kappa shape index (κ2) is 10.9. The molecule has 1 heterocycles. The van der Waals surface area contributed by atoms with E-state index in [0.717, 1.165) is 17.6 Å². The molecule has 24 heavy (non-hydrogen) atoms. The zero-order valence-corrected chi connectivity index (χ0v) is 20.9. The van der Waals surface area contributed by atoms with Gasteiger partial charge in [0.1, 0.15) is 0 Å². The Morgan fingerprint density at radius 3 is 2.25 bits per heavy atom. The third kappa shape index (κ3) is 6.86. The van der Waals surface area contributed by atoms with Crippen LogP contribution in [0.15, 0.2) is 36.7 Å². The molecule has 7 heteroatoms. The molecule has 0 radical (unpaired) electrons. The molecule has 0 amide bonds. The van der Waals surface area contributed by atoms with Gasteiger partial charge in [0, 0.05) is 57.3 Å². The Morgan fingerprint density at radius 1 is 1.12 bits per heavy atom. The summed E-state index contributed by atoms with van der Waals surface area (Å²) in [5.74, 6) is 0. The van der Waals surface area contributed by atoms with E-state index >= 15 is 0 Å². The summed E-state index contributed by atoms with van der Waals surface area (Å²) in [5, 5.41) is 0.794. The van der Waals surface area contributed by atoms with Crippen molar-refractivity contribution in [2.45, 2.75) is 44.7 Å². The Kier molecular flexibility index (Phi) is 9.55. The summed E-state index contributed by atoms with van der Waals surface area (Å²) in [6.45, 7) is 0.943. The van der Waals surface area contributed by atoms with Gasteiger partial charge < -0.3 is 0 Å². The molecule has 136 valence electrons. The van der Waals surface area contributed by atoms with Crippen LogP contribution in [0.2, 0.25) is 5.02 Å². The Morgan fingerprint density at radius 2 is 1.75 bits per heavy atom. The molecule has 1 fully saturated rings. The Labute approximate surface area is 188 Å². The van der Waals surface area contributed by atoms with Gasteiger partial charge in [-0.2, -0.15) is 1.33 Å². The molecule has 1 aromatic heterocycles. The molecule has 1 saturated carbocycles. The molecule has 0 atom stereocenters. The van der Waals surface area contributed by atoms with E-state index in [0.29, 0.717) is 0 Å². The van der Waals surface area contributed by atoms with Crippen LogP contribution in [0.5, 0.6) is 0 Å². The third-order valence-corrected chi connectivity index (χ3v) is 6.42. The third-order valence-electron chi connectivity index (χ3n) is 4.10. The van der Waals surface area contributed by atoms with Gasteiger partial charge in [-0.25, -0.2) is 0 Å². The van der Waals surface area contributed by atoms with Crippen molar-refractivity contribution in [2.24, 2.45) is 7.05 Å². The van der Waals surface area contributed by atoms with E-state index in [1.54, 1.807) is 0 Å². The molecule has 0 bridgehead atoms. The normalized spacial score (nSPS) is 15.3. The van der Waals surface area contributed by atoms with Crippen LogP contribution in [0, 0.1) is 3.80 Å². The fourth-order valence-corrected chi connectivity index (χ4v) is 4.48. The first kappa shape index (κ1) is 21.1. The number of aryl methyl sites for hydroxylation is 1. The number of nitrogens with zero attached hydrogens (tertiary/aromatic N) is 3. The first-order valence-corrected chi connectivity index (χ1v) is 11.4.